The van der Waals surface area contributed by atoms with Gasteiger partial charge in [-0.1, -0.05) is 95.5 Å². The molecule has 3 rings (SSSR count). The van der Waals surface area contributed by atoms with Gasteiger partial charge in [0.1, 0.15) is 0 Å². The molecule has 0 aromatic heterocycles. The van der Waals surface area contributed by atoms with Crippen molar-refractivity contribution in [3.63, 3.8) is 0 Å². The van der Waals surface area contributed by atoms with E-state index >= 15 is 0 Å². The molecule has 0 amide bonds. The topological polar surface area (TPSA) is 0 Å². The fourth-order valence-corrected chi connectivity index (χ4v) is 13.9. The summed E-state index contributed by atoms with van der Waals surface area (Å²) in [5.74, 6) is 3.34. The highest BCUT2D eigenvalue weighted by molar-refractivity contribution is 7.67. The van der Waals surface area contributed by atoms with Crippen LogP contribution >= 0.6 is 15.8 Å². The van der Waals surface area contributed by atoms with Crippen molar-refractivity contribution >= 4 is 21.1 Å². The average Bonchev–Trinajstić information content (AvgIpc) is 3.26. The van der Waals surface area contributed by atoms with E-state index < -0.39 is 0 Å². The summed E-state index contributed by atoms with van der Waals surface area (Å²) < 4.78 is 0. The minimum atomic E-state index is -0.0492. The molecule has 0 bridgehead atoms. The van der Waals surface area contributed by atoms with Crippen LogP contribution in [0.4, 0.5) is 0 Å². The smallest absolute Gasteiger partial charge is 0.00812 e. The van der Waals surface area contributed by atoms with Gasteiger partial charge in [-0.05, 0) is 76.9 Å². The van der Waals surface area contributed by atoms with Crippen molar-refractivity contribution in [1.29, 1.82) is 0 Å². The minimum Gasteiger partial charge on any atom is -0.0961 e. The van der Waals surface area contributed by atoms with E-state index in [2.05, 4.69) is 79.7 Å². The maximum absolute atomic E-state index is 2.57. The van der Waals surface area contributed by atoms with Crippen molar-refractivity contribution in [1.82, 2.24) is 0 Å². The molecule has 2 aliphatic heterocycles. The van der Waals surface area contributed by atoms with Crippen LogP contribution < -0.4 is 5.30 Å². The standard InChI is InChI=1S/C26H44P2/c1-17(2)21-15-16-27(20(7)8)26(21)22-11-9-10-12-25(22)28-23(18(3)4)13-14-24(28)19(5)6/h9-12,17-21,23-24,26H,13-16H2,1-8H3/t21-,23-,24-,26?,27-/m0/s1. The Morgan fingerprint density at radius 3 is 1.82 bits per heavy atom. The van der Waals surface area contributed by atoms with Gasteiger partial charge in [0.05, 0.1) is 0 Å². The summed E-state index contributed by atoms with van der Waals surface area (Å²) in [7, 11) is 0.0558. The van der Waals surface area contributed by atoms with Crippen LogP contribution in [-0.4, -0.2) is 23.1 Å². The SMILES string of the molecule is CC(C)[C@@H]1CC[P@@](C(C)C)C1c1ccccc1P1[C@H](C(C)C)CC[C@H]1C(C)C. The Morgan fingerprint density at radius 2 is 1.32 bits per heavy atom. The fourth-order valence-electron chi connectivity index (χ4n) is 6.03. The third-order valence-corrected chi connectivity index (χ3v) is 15.1. The van der Waals surface area contributed by atoms with Crippen LogP contribution in [0, 0.1) is 23.7 Å². The largest absolute Gasteiger partial charge is 0.0961 e. The molecule has 1 aromatic rings. The van der Waals surface area contributed by atoms with Crippen molar-refractivity contribution in [3.05, 3.63) is 29.8 Å². The van der Waals surface area contributed by atoms with Crippen LogP contribution in [0.3, 0.4) is 0 Å². The van der Waals surface area contributed by atoms with E-state index in [0.717, 1.165) is 46.3 Å². The van der Waals surface area contributed by atoms with Gasteiger partial charge in [0.15, 0.2) is 0 Å². The fraction of sp³-hybridized carbons (Fsp3) is 0.769. The molecular weight excluding hydrogens is 374 g/mol. The molecular formula is C26H44P2. The van der Waals surface area contributed by atoms with Gasteiger partial charge in [-0.3, -0.25) is 0 Å². The lowest BCUT2D eigenvalue weighted by molar-refractivity contribution is 0.381. The highest BCUT2D eigenvalue weighted by Gasteiger charge is 2.44. The van der Waals surface area contributed by atoms with E-state index in [9.17, 15) is 0 Å². The van der Waals surface area contributed by atoms with Gasteiger partial charge in [-0.2, -0.15) is 0 Å². The molecule has 5 atom stereocenters. The van der Waals surface area contributed by atoms with Crippen molar-refractivity contribution in [2.75, 3.05) is 6.16 Å². The van der Waals surface area contributed by atoms with Crippen LogP contribution in [0.2, 0.25) is 0 Å². The van der Waals surface area contributed by atoms with Crippen LogP contribution in [-0.2, 0) is 0 Å². The van der Waals surface area contributed by atoms with Gasteiger partial charge in [-0.15, -0.1) is 0 Å². The molecule has 28 heavy (non-hydrogen) atoms. The molecule has 0 radical (unpaired) electrons. The minimum absolute atomic E-state index is 0.0492. The summed E-state index contributed by atoms with van der Waals surface area (Å²) in [6, 6.07) is 9.84. The van der Waals surface area contributed by atoms with E-state index in [-0.39, 0.29) is 15.8 Å². The van der Waals surface area contributed by atoms with Crippen LogP contribution in [0.5, 0.6) is 0 Å². The summed E-state index contributed by atoms with van der Waals surface area (Å²) in [5.41, 5.74) is 5.34. The Balaban J connectivity index is 2.08. The lowest BCUT2D eigenvalue weighted by Gasteiger charge is -2.37. The Hall–Kier alpha value is 0.0800. The first-order valence-electron chi connectivity index (χ1n) is 11.9. The van der Waals surface area contributed by atoms with Crippen molar-refractivity contribution in [2.45, 2.75) is 97.3 Å². The molecule has 2 heterocycles. The second kappa shape index (κ2) is 9.48. The van der Waals surface area contributed by atoms with Crippen molar-refractivity contribution in [2.24, 2.45) is 23.7 Å². The average molecular weight is 419 g/mol. The number of rotatable bonds is 6. The van der Waals surface area contributed by atoms with E-state index in [4.69, 9.17) is 0 Å². The first kappa shape index (κ1) is 22.8. The van der Waals surface area contributed by atoms with Gasteiger partial charge in [0, 0.05) is 5.66 Å². The monoisotopic (exact) mass is 418 g/mol. The summed E-state index contributed by atoms with van der Waals surface area (Å²) in [4.78, 5) is 0. The Kier molecular flexibility index (Phi) is 7.70. The molecule has 158 valence electrons. The van der Waals surface area contributed by atoms with Crippen LogP contribution in [0.15, 0.2) is 24.3 Å². The molecule has 2 saturated heterocycles. The second-order valence-corrected chi connectivity index (χ2v) is 16.3. The summed E-state index contributed by atoms with van der Waals surface area (Å²) in [6.45, 7) is 19.9. The highest BCUT2D eigenvalue weighted by Crippen LogP contribution is 2.68. The van der Waals surface area contributed by atoms with Crippen LogP contribution in [0.25, 0.3) is 0 Å². The van der Waals surface area contributed by atoms with Gasteiger partial charge in [0.2, 0.25) is 0 Å². The highest BCUT2D eigenvalue weighted by atomic mass is 31.1. The molecule has 2 aliphatic rings. The van der Waals surface area contributed by atoms with Gasteiger partial charge in [0.25, 0.3) is 0 Å². The molecule has 2 fully saturated rings. The molecule has 2 heteroatoms. The van der Waals surface area contributed by atoms with Crippen LogP contribution in [0.1, 0.15) is 85.9 Å². The summed E-state index contributed by atoms with van der Waals surface area (Å²) >= 11 is 0. The van der Waals surface area contributed by atoms with Crippen molar-refractivity contribution in [3.8, 4) is 0 Å². The first-order valence-corrected chi connectivity index (χ1v) is 15.0. The number of hydrogen-bond donors (Lipinski definition) is 0. The third-order valence-electron chi connectivity index (χ3n) is 7.55. The maximum Gasteiger partial charge on any atom is 0.00812 e. The number of benzene rings is 1. The lowest BCUT2D eigenvalue weighted by atomic mass is 9.87. The zero-order valence-electron chi connectivity index (χ0n) is 19.7. The predicted molar refractivity (Wildman–Crippen MR) is 132 cm³/mol. The molecule has 0 aliphatic carbocycles. The molecule has 0 spiro atoms. The molecule has 0 N–H and O–H groups in total. The van der Waals surface area contributed by atoms with E-state index in [1.54, 1.807) is 5.56 Å². The molecule has 1 unspecified atom stereocenters. The van der Waals surface area contributed by atoms with E-state index in [0.29, 0.717) is 0 Å². The Labute approximate surface area is 178 Å². The second-order valence-electron chi connectivity index (χ2n) is 10.6. The lowest BCUT2D eigenvalue weighted by Crippen LogP contribution is -2.26. The Morgan fingerprint density at radius 1 is 0.750 bits per heavy atom. The van der Waals surface area contributed by atoms with Gasteiger partial charge >= 0.3 is 0 Å². The molecule has 0 saturated carbocycles. The maximum atomic E-state index is 2.57. The Bertz CT molecular complexity index is 546. The van der Waals surface area contributed by atoms with Crippen molar-refractivity contribution < 1.29 is 0 Å². The summed E-state index contributed by atoms with van der Waals surface area (Å²) in [5, 5.41) is 1.82. The predicted octanol–water partition coefficient (Wildman–Crippen LogP) is 8.24. The van der Waals surface area contributed by atoms with E-state index in [1.807, 2.05) is 5.30 Å². The number of hydrogen-bond acceptors (Lipinski definition) is 0. The molecule has 1 aromatic carbocycles. The zero-order chi connectivity index (χ0) is 20.6. The van der Waals surface area contributed by atoms with Gasteiger partial charge < -0.3 is 0 Å². The third kappa shape index (κ3) is 4.40. The zero-order valence-corrected chi connectivity index (χ0v) is 21.4. The van der Waals surface area contributed by atoms with E-state index in [1.165, 1.54) is 25.4 Å². The molecule has 0 nitrogen and oxygen atoms in total. The quantitative estimate of drug-likeness (QED) is 0.408. The normalized spacial score (nSPS) is 31.8. The first-order chi connectivity index (χ1) is 13.2. The summed E-state index contributed by atoms with van der Waals surface area (Å²) in [6.07, 6.45) is 5.86. The van der Waals surface area contributed by atoms with Gasteiger partial charge in [-0.25, -0.2) is 0 Å².